The molecule has 1 aromatic rings. The topological polar surface area (TPSA) is 60.4 Å². The van der Waals surface area contributed by atoms with E-state index in [0.29, 0.717) is 6.67 Å². The quantitative estimate of drug-likeness (QED) is 0.788. The highest BCUT2D eigenvalue weighted by molar-refractivity contribution is 5.63. The van der Waals surface area contributed by atoms with Crippen LogP contribution < -0.4 is 5.01 Å². The van der Waals surface area contributed by atoms with Crippen molar-refractivity contribution in [1.82, 2.24) is 20.4 Å². The van der Waals surface area contributed by atoms with Crippen molar-refractivity contribution in [3.8, 4) is 0 Å². The van der Waals surface area contributed by atoms with Gasteiger partial charge in [-0.2, -0.15) is 0 Å². The molecule has 1 aliphatic rings. The van der Waals surface area contributed by atoms with E-state index < -0.39 is 0 Å². The first-order valence-corrected chi connectivity index (χ1v) is 5.23. The molecule has 2 heterocycles. The predicted octanol–water partition coefficient (Wildman–Crippen LogP) is 0.677. The molecule has 6 nitrogen and oxygen atoms in total. The van der Waals surface area contributed by atoms with Gasteiger partial charge in [-0.1, -0.05) is 19.1 Å². The number of H-pyrrole nitrogens is 1. The highest BCUT2D eigenvalue weighted by Gasteiger charge is 2.22. The van der Waals surface area contributed by atoms with Gasteiger partial charge in [-0.15, -0.1) is 5.10 Å². The van der Waals surface area contributed by atoms with Crippen LogP contribution in [0.2, 0.25) is 0 Å². The molecule has 6 heteroatoms. The van der Waals surface area contributed by atoms with E-state index in [1.54, 1.807) is 0 Å². The predicted molar refractivity (Wildman–Crippen MR) is 57.5 cm³/mol. The Labute approximate surface area is 89.0 Å². The van der Waals surface area contributed by atoms with Crippen LogP contribution in [0, 0.1) is 0 Å². The Morgan fingerprint density at radius 3 is 3.07 bits per heavy atom. The molecule has 0 aliphatic carbocycles. The normalized spacial score (nSPS) is 15.3. The summed E-state index contributed by atoms with van der Waals surface area (Å²) in [6.07, 6.45) is 4.89. The molecule has 0 fully saturated rings. The van der Waals surface area contributed by atoms with Crippen molar-refractivity contribution in [3.63, 3.8) is 0 Å². The Bertz CT molecular complexity index is 344. The van der Waals surface area contributed by atoms with Gasteiger partial charge in [-0.3, -0.25) is 10.1 Å². The first-order valence-electron chi connectivity index (χ1n) is 5.23. The summed E-state index contributed by atoms with van der Waals surface area (Å²) in [4.78, 5) is 4.12. The first kappa shape index (κ1) is 9.95. The number of aryl methyl sites for hydroxylation is 1. The van der Waals surface area contributed by atoms with Gasteiger partial charge in [0.15, 0.2) is 12.2 Å². The molecule has 0 aromatic carbocycles. The van der Waals surface area contributed by atoms with Crippen molar-refractivity contribution in [3.05, 3.63) is 5.69 Å². The average Bonchev–Trinajstić information content (AvgIpc) is 2.84. The molecular weight excluding hydrogens is 192 g/mol. The van der Waals surface area contributed by atoms with E-state index in [9.17, 15) is 0 Å². The number of anilines is 1. The SMILES string of the molecule is CCCN1[C]=NCN1c1nn[nH]c1CC. The summed E-state index contributed by atoms with van der Waals surface area (Å²) in [5.41, 5.74) is 1.04. The standard InChI is InChI=1S/C9H15N6/c1-3-5-14-6-10-7-15(14)9-8(4-2)11-13-12-9/h3-5,7H2,1-2H3,(H,11,12,13). The summed E-state index contributed by atoms with van der Waals surface area (Å²) >= 11 is 0. The van der Waals surface area contributed by atoms with Crippen molar-refractivity contribution in [2.45, 2.75) is 26.7 Å². The third kappa shape index (κ3) is 1.79. The Morgan fingerprint density at radius 2 is 2.33 bits per heavy atom. The van der Waals surface area contributed by atoms with Gasteiger partial charge in [0.2, 0.25) is 0 Å². The van der Waals surface area contributed by atoms with Crippen LogP contribution >= 0.6 is 0 Å². The molecule has 1 radical (unpaired) electrons. The second kappa shape index (κ2) is 4.29. The molecule has 0 saturated carbocycles. The van der Waals surface area contributed by atoms with E-state index in [1.165, 1.54) is 0 Å². The minimum Gasteiger partial charge on any atom is -0.262 e. The van der Waals surface area contributed by atoms with Gasteiger partial charge >= 0.3 is 0 Å². The molecule has 15 heavy (non-hydrogen) atoms. The van der Waals surface area contributed by atoms with Crippen molar-refractivity contribution >= 4 is 12.2 Å². The van der Waals surface area contributed by atoms with Gasteiger partial charge in [0.05, 0.1) is 5.69 Å². The summed E-state index contributed by atoms with van der Waals surface area (Å²) in [5, 5.41) is 14.7. The average molecular weight is 207 g/mol. The summed E-state index contributed by atoms with van der Waals surface area (Å²) in [6.45, 7) is 5.68. The molecular formula is C9H15N6. The van der Waals surface area contributed by atoms with Gasteiger partial charge in [-0.25, -0.2) is 10.0 Å². The van der Waals surface area contributed by atoms with E-state index in [-0.39, 0.29) is 0 Å². The summed E-state index contributed by atoms with van der Waals surface area (Å²) in [6, 6.07) is 0. The van der Waals surface area contributed by atoms with Gasteiger partial charge < -0.3 is 0 Å². The number of aromatic amines is 1. The smallest absolute Gasteiger partial charge is 0.194 e. The van der Waals surface area contributed by atoms with Gasteiger partial charge in [0, 0.05) is 6.54 Å². The lowest BCUT2D eigenvalue weighted by Crippen LogP contribution is -2.38. The Hall–Kier alpha value is -1.59. The number of hydrogen-bond donors (Lipinski definition) is 1. The van der Waals surface area contributed by atoms with Crippen LogP contribution in [0.15, 0.2) is 4.99 Å². The fraction of sp³-hybridized carbons (Fsp3) is 0.667. The number of rotatable bonds is 4. The van der Waals surface area contributed by atoms with Crippen molar-refractivity contribution in [2.75, 3.05) is 18.2 Å². The third-order valence-electron chi connectivity index (χ3n) is 2.32. The van der Waals surface area contributed by atoms with Crippen LogP contribution in [0.25, 0.3) is 0 Å². The maximum atomic E-state index is 4.12. The molecule has 1 aliphatic heterocycles. The van der Waals surface area contributed by atoms with Crippen molar-refractivity contribution < 1.29 is 0 Å². The maximum Gasteiger partial charge on any atom is 0.194 e. The zero-order valence-corrected chi connectivity index (χ0v) is 9.06. The minimum atomic E-state index is 0.583. The van der Waals surface area contributed by atoms with E-state index in [2.05, 4.69) is 40.6 Å². The highest BCUT2D eigenvalue weighted by Crippen LogP contribution is 2.19. The monoisotopic (exact) mass is 207 g/mol. The number of nitrogens with zero attached hydrogens (tertiary/aromatic N) is 5. The Morgan fingerprint density at radius 1 is 1.47 bits per heavy atom. The molecule has 81 valence electrons. The van der Waals surface area contributed by atoms with Crippen molar-refractivity contribution in [2.24, 2.45) is 4.99 Å². The lowest BCUT2D eigenvalue weighted by molar-refractivity contribution is 0.417. The summed E-state index contributed by atoms with van der Waals surface area (Å²) < 4.78 is 0. The fourth-order valence-corrected chi connectivity index (χ4v) is 1.56. The molecule has 0 atom stereocenters. The van der Waals surface area contributed by atoms with E-state index in [1.807, 2.05) is 10.0 Å². The second-order valence-corrected chi connectivity index (χ2v) is 3.39. The molecule has 0 bridgehead atoms. The number of nitrogens with one attached hydrogen (secondary N) is 1. The van der Waals surface area contributed by atoms with Crippen LogP contribution in [0.4, 0.5) is 5.82 Å². The van der Waals surface area contributed by atoms with E-state index in [0.717, 1.165) is 30.9 Å². The van der Waals surface area contributed by atoms with Gasteiger partial charge in [0.25, 0.3) is 0 Å². The Kier molecular flexibility index (Phi) is 2.84. The molecule has 0 unspecified atom stereocenters. The lowest BCUT2D eigenvalue weighted by Gasteiger charge is -2.26. The maximum absolute atomic E-state index is 4.12. The summed E-state index contributed by atoms with van der Waals surface area (Å²) in [7, 11) is 0. The summed E-state index contributed by atoms with van der Waals surface area (Å²) in [5.74, 6) is 0.861. The zero-order chi connectivity index (χ0) is 10.7. The lowest BCUT2D eigenvalue weighted by atomic mass is 10.3. The van der Waals surface area contributed by atoms with Gasteiger partial charge in [-0.05, 0) is 12.8 Å². The van der Waals surface area contributed by atoms with Crippen LogP contribution in [0.5, 0.6) is 0 Å². The van der Waals surface area contributed by atoms with E-state index in [4.69, 9.17) is 0 Å². The molecule has 0 spiro atoms. The molecule has 1 aromatic heterocycles. The first-order chi connectivity index (χ1) is 7.36. The number of aromatic nitrogens is 3. The van der Waals surface area contributed by atoms with Crippen LogP contribution in [0.1, 0.15) is 26.0 Å². The third-order valence-corrected chi connectivity index (χ3v) is 2.32. The van der Waals surface area contributed by atoms with Crippen LogP contribution in [-0.2, 0) is 6.42 Å². The van der Waals surface area contributed by atoms with Crippen molar-refractivity contribution in [1.29, 1.82) is 0 Å². The highest BCUT2D eigenvalue weighted by atomic mass is 15.7. The minimum absolute atomic E-state index is 0.583. The van der Waals surface area contributed by atoms with Gasteiger partial charge in [0.1, 0.15) is 6.67 Å². The second-order valence-electron chi connectivity index (χ2n) is 3.39. The number of hydrogen-bond acceptors (Lipinski definition) is 5. The number of aliphatic imine (C=N–C) groups is 1. The number of hydrazine groups is 1. The van der Waals surface area contributed by atoms with Crippen LogP contribution in [0.3, 0.4) is 0 Å². The van der Waals surface area contributed by atoms with Crippen LogP contribution in [-0.4, -0.2) is 40.0 Å². The largest absolute Gasteiger partial charge is 0.262 e. The Balaban J connectivity index is 2.16. The molecule has 1 N–H and O–H groups in total. The molecule has 0 saturated heterocycles. The fourth-order valence-electron chi connectivity index (χ4n) is 1.56. The molecule has 0 amide bonds. The molecule has 2 rings (SSSR count). The zero-order valence-electron chi connectivity index (χ0n) is 9.06. The van der Waals surface area contributed by atoms with E-state index >= 15 is 0 Å².